The van der Waals surface area contributed by atoms with Crippen LogP contribution in [0.5, 0.6) is 0 Å². The molecule has 2 N–H and O–H groups in total. The second-order valence-corrected chi connectivity index (χ2v) is 9.21. The Morgan fingerprint density at radius 1 is 1.21 bits per heavy atom. The predicted octanol–water partition coefficient (Wildman–Crippen LogP) is 2.62. The summed E-state index contributed by atoms with van der Waals surface area (Å²) >= 11 is 1.77. The van der Waals surface area contributed by atoms with Gasteiger partial charge in [-0.15, -0.1) is 11.3 Å². The topological polar surface area (TPSA) is 66.6 Å². The summed E-state index contributed by atoms with van der Waals surface area (Å²) in [6.07, 6.45) is 1.71. The first kappa shape index (κ1) is 17.4. The van der Waals surface area contributed by atoms with Crippen LogP contribution in [0.2, 0.25) is 0 Å². The molecule has 0 radical (unpaired) electrons. The molecule has 7 heteroatoms. The van der Waals surface area contributed by atoms with Gasteiger partial charge in [0.2, 0.25) is 10.0 Å². The molecule has 1 aliphatic heterocycles. The Morgan fingerprint density at radius 3 is 2.46 bits per heavy atom. The third-order valence-corrected chi connectivity index (χ3v) is 7.37. The van der Waals surface area contributed by atoms with E-state index in [1.807, 2.05) is 0 Å². The summed E-state index contributed by atoms with van der Waals surface area (Å²) in [6.45, 7) is 2.80. The molecule has 5 nitrogen and oxygen atoms in total. The van der Waals surface area contributed by atoms with Gasteiger partial charge < -0.3 is 5.73 Å². The number of hydrogen-bond donors (Lipinski definition) is 1. The molecule has 1 fully saturated rings. The lowest BCUT2D eigenvalue weighted by atomic mass is 10.1. The van der Waals surface area contributed by atoms with E-state index in [1.165, 1.54) is 9.18 Å². The highest BCUT2D eigenvalue weighted by molar-refractivity contribution is 7.89. The number of hydrogen-bond acceptors (Lipinski definition) is 5. The fourth-order valence-corrected chi connectivity index (χ4v) is 5.23. The Hall–Kier alpha value is -1.41. The molecule has 0 atom stereocenters. The van der Waals surface area contributed by atoms with Gasteiger partial charge in [-0.3, -0.25) is 4.90 Å². The number of nitrogen functional groups attached to an aromatic ring is 1. The van der Waals surface area contributed by atoms with Crippen molar-refractivity contribution in [2.45, 2.75) is 30.3 Å². The third-order valence-electron chi connectivity index (χ3n) is 4.59. The van der Waals surface area contributed by atoms with Crippen molar-refractivity contribution < 1.29 is 8.42 Å². The minimum absolute atomic E-state index is 0.0483. The van der Waals surface area contributed by atoms with E-state index in [9.17, 15) is 8.42 Å². The highest BCUT2D eigenvalue weighted by Crippen LogP contribution is 2.24. The Labute approximate surface area is 147 Å². The number of rotatable bonds is 5. The lowest BCUT2D eigenvalue weighted by Gasteiger charge is -2.36. The molecule has 0 bridgehead atoms. The normalized spacial score (nSPS) is 17.4. The quantitative estimate of drug-likeness (QED) is 0.827. The number of thiophene rings is 1. The standard InChI is InChI=1S/C17H23N3O2S2/c1-19(24(21,22)17-6-4-14(18)5-7-17)15-8-10-20(11-9-15)13-16-3-2-12-23-16/h2-7,12,15H,8-11,13,18H2,1H3. The molecule has 130 valence electrons. The van der Waals surface area contributed by atoms with Crippen molar-refractivity contribution in [3.63, 3.8) is 0 Å². The zero-order valence-corrected chi connectivity index (χ0v) is 15.4. The van der Waals surface area contributed by atoms with Crippen molar-refractivity contribution in [1.82, 2.24) is 9.21 Å². The van der Waals surface area contributed by atoms with Crippen LogP contribution in [0, 0.1) is 0 Å². The number of sulfonamides is 1. The molecule has 24 heavy (non-hydrogen) atoms. The number of piperidine rings is 1. The van der Waals surface area contributed by atoms with Crippen LogP contribution in [-0.4, -0.2) is 43.8 Å². The summed E-state index contributed by atoms with van der Waals surface area (Å²) in [5.74, 6) is 0. The highest BCUT2D eigenvalue weighted by atomic mass is 32.2. The molecule has 1 aliphatic rings. The van der Waals surface area contributed by atoms with Gasteiger partial charge in [-0.1, -0.05) is 6.07 Å². The van der Waals surface area contributed by atoms with Crippen molar-refractivity contribution in [3.05, 3.63) is 46.7 Å². The zero-order chi connectivity index (χ0) is 17.2. The molecule has 1 aromatic carbocycles. The molecule has 0 spiro atoms. The third kappa shape index (κ3) is 3.80. The number of nitrogens with zero attached hydrogens (tertiary/aromatic N) is 2. The van der Waals surface area contributed by atoms with Crippen LogP contribution < -0.4 is 5.73 Å². The summed E-state index contributed by atoms with van der Waals surface area (Å²) in [6, 6.07) is 10.7. The summed E-state index contributed by atoms with van der Waals surface area (Å²) < 4.78 is 27.0. The maximum atomic E-state index is 12.8. The van der Waals surface area contributed by atoms with Crippen LogP contribution in [0.3, 0.4) is 0 Å². The van der Waals surface area contributed by atoms with Crippen molar-refractivity contribution in [3.8, 4) is 0 Å². The van der Waals surface area contributed by atoms with E-state index in [-0.39, 0.29) is 6.04 Å². The van der Waals surface area contributed by atoms with E-state index in [0.29, 0.717) is 10.6 Å². The van der Waals surface area contributed by atoms with E-state index >= 15 is 0 Å². The van der Waals surface area contributed by atoms with Gasteiger partial charge in [0.15, 0.2) is 0 Å². The molecule has 0 unspecified atom stereocenters. The highest BCUT2D eigenvalue weighted by Gasteiger charge is 2.30. The molecule has 1 saturated heterocycles. The van der Waals surface area contributed by atoms with Crippen molar-refractivity contribution in [1.29, 1.82) is 0 Å². The van der Waals surface area contributed by atoms with Crippen LogP contribution in [0.4, 0.5) is 5.69 Å². The first-order valence-corrected chi connectivity index (χ1v) is 10.4. The van der Waals surface area contributed by atoms with Gasteiger partial charge in [0.05, 0.1) is 4.90 Å². The summed E-state index contributed by atoms with van der Waals surface area (Å²) in [5, 5.41) is 2.09. The molecule has 2 heterocycles. The summed E-state index contributed by atoms with van der Waals surface area (Å²) in [4.78, 5) is 4.06. The lowest BCUT2D eigenvalue weighted by molar-refractivity contribution is 0.165. The van der Waals surface area contributed by atoms with Gasteiger partial charge in [-0.25, -0.2) is 8.42 Å². The minimum Gasteiger partial charge on any atom is -0.399 e. The first-order chi connectivity index (χ1) is 11.5. The molecule has 2 aromatic rings. The lowest BCUT2D eigenvalue weighted by Crippen LogP contribution is -2.45. The fourth-order valence-electron chi connectivity index (χ4n) is 3.07. The largest absolute Gasteiger partial charge is 0.399 e. The zero-order valence-electron chi connectivity index (χ0n) is 13.8. The molecular formula is C17H23N3O2S2. The number of anilines is 1. The Bertz CT molecular complexity index is 750. The fraction of sp³-hybridized carbons (Fsp3) is 0.412. The molecule has 1 aromatic heterocycles. The maximum Gasteiger partial charge on any atom is 0.243 e. The van der Waals surface area contributed by atoms with Gasteiger partial charge in [-0.05, 0) is 48.6 Å². The van der Waals surface area contributed by atoms with E-state index < -0.39 is 10.0 Å². The number of likely N-dealkylation sites (tertiary alicyclic amines) is 1. The predicted molar refractivity (Wildman–Crippen MR) is 98.4 cm³/mol. The molecular weight excluding hydrogens is 342 g/mol. The van der Waals surface area contributed by atoms with Crippen molar-refractivity contribution >= 4 is 27.0 Å². The van der Waals surface area contributed by atoms with E-state index in [1.54, 1.807) is 42.6 Å². The van der Waals surface area contributed by atoms with Gasteiger partial charge in [0.25, 0.3) is 0 Å². The maximum absolute atomic E-state index is 12.8. The van der Waals surface area contributed by atoms with E-state index in [4.69, 9.17) is 5.73 Å². The molecule has 0 aliphatic carbocycles. The Morgan fingerprint density at radius 2 is 1.88 bits per heavy atom. The number of benzene rings is 1. The first-order valence-electron chi connectivity index (χ1n) is 8.05. The Kier molecular flexibility index (Phi) is 5.24. The minimum atomic E-state index is -3.46. The molecule has 0 saturated carbocycles. The summed E-state index contributed by atoms with van der Waals surface area (Å²) in [5.41, 5.74) is 6.21. The average molecular weight is 366 g/mol. The molecule has 3 rings (SSSR count). The number of nitrogens with two attached hydrogens (primary N) is 1. The molecule has 0 amide bonds. The van der Waals surface area contributed by atoms with Gasteiger partial charge in [0.1, 0.15) is 0 Å². The summed E-state index contributed by atoms with van der Waals surface area (Å²) in [7, 11) is -1.78. The SMILES string of the molecule is CN(C1CCN(Cc2cccs2)CC1)S(=O)(=O)c1ccc(N)cc1. The van der Waals surface area contributed by atoms with Crippen molar-refractivity contribution in [2.75, 3.05) is 25.9 Å². The van der Waals surface area contributed by atoms with Crippen LogP contribution in [0.15, 0.2) is 46.7 Å². The van der Waals surface area contributed by atoms with Crippen molar-refractivity contribution in [2.24, 2.45) is 0 Å². The van der Waals surface area contributed by atoms with Gasteiger partial charge in [-0.2, -0.15) is 4.31 Å². The average Bonchev–Trinajstić information content (AvgIpc) is 3.08. The Balaban J connectivity index is 1.62. The smallest absolute Gasteiger partial charge is 0.243 e. The van der Waals surface area contributed by atoms with E-state index in [2.05, 4.69) is 22.4 Å². The monoisotopic (exact) mass is 365 g/mol. The second-order valence-electron chi connectivity index (χ2n) is 6.18. The van der Waals surface area contributed by atoms with Crippen LogP contribution in [0.25, 0.3) is 0 Å². The van der Waals surface area contributed by atoms with E-state index in [0.717, 1.165) is 32.5 Å². The van der Waals surface area contributed by atoms with Gasteiger partial charge >= 0.3 is 0 Å². The van der Waals surface area contributed by atoms with Crippen LogP contribution >= 0.6 is 11.3 Å². The second kappa shape index (κ2) is 7.23. The van der Waals surface area contributed by atoms with Crippen LogP contribution in [0.1, 0.15) is 17.7 Å². The van der Waals surface area contributed by atoms with Crippen LogP contribution in [-0.2, 0) is 16.6 Å². The van der Waals surface area contributed by atoms with Gasteiger partial charge in [0, 0.05) is 43.3 Å².